The summed E-state index contributed by atoms with van der Waals surface area (Å²) in [4.78, 5) is 21.2. The maximum Gasteiger partial charge on any atom is 0.384 e. The van der Waals surface area contributed by atoms with Crippen LogP contribution in [0.15, 0.2) is 18.2 Å². The summed E-state index contributed by atoms with van der Waals surface area (Å²) in [7, 11) is 1.17. The monoisotopic (exact) mass is 206 g/mol. The summed E-state index contributed by atoms with van der Waals surface area (Å²) in [6.07, 6.45) is 0.477. The summed E-state index contributed by atoms with van der Waals surface area (Å²) >= 11 is 0. The Morgan fingerprint density at radius 1 is 1.53 bits per heavy atom. The Hall–Kier alpha value is -2.15. The fourth-order valence-corrected chi connectivity index (χ4v) is 0.935. The Morgan fingerprint density at radius 3 is 2.87 bits per heavy atom. The van der Waals surface area contributed by atoms with Gasteiger partial charge in [-0.3, -0.25) is 4.79 Å². The number of methoxy groups -OCH3 is 1. The first-order valence-corrected chi connectivity index (χ1v) is 4.02. The van der Waals surface area contributed by atoms with Crippen molar-refractivity contribution in [3.8, 4) is 11.8 Å². The molecule has 0 aliphatic carbocycles. The lowest BCUT2D eigenvalue weighted by Crippen LogP contribution is -1.97. The maximum absolute atomic E-state index is 13.2. The van der Waals surface area contributed by atoms with E-state index in [4.69, 9.17) is 0 Å². The molecule has 0 aliphatic heterocycles. The number of aldehydes is 1. The van der Waals surface area contributed by atoms with Gasteiger partial charge in [0.2, 0.25) is 0 Å². The van der Waals surface area contributed by atoms with Gasteiger partial charge in [0, 0.05) is 11.5 Å². The second-order valence-electron chi connectivity index (χ2n) is 2.56. The minimum Gasteiger partial charge on any atom is -0.459 e. The van der Waals surface area contributed by atoms with Gasteiger partial charge < -0.3 is 4.74 Å². The van der Waals surface area contributed by atoms with E-state index in [1.54, 1.807) is 0 Å². The average molecular weight is 206 g/mol. The summed E-state index contributed by atoms with van der Waals surface area (Å²) in [5.74, 6) is 2.88. The van der Waals surface area contributed by atoms with Gasteiger partial charge in [-0.25, -0.2) is 9.18 Å². The molecule has 1 rings (SSSR count). The standard InChI is InChI=1S/C11H7FO3/c1-15-11(14)6-5-9-8(7-13)3-2-4-10(9)12/h2-4,7H,1H3. The number of halogens is 1. The Labute approximate surface area is 85.9 Å². The molecule has 0 radical (unpaired) electrons. The second kappa shape index (κ2) is 4.91. The van der Waals surface area contributed by atoms with Crippen LogP contribution < -0.4 is 0 Å². The van der Waals surface area contributed by atoms with E-state index in [0.717, 1.165) is 6.07 Å². The van der Waals surface area contributed by atoms with E-state index >= 15 is 0 Å². The van der Waals surface area contributed by atoms with Crippen molar-refractivity contribution in [3.05, 3.63) is 35.1 Å². The minimum atomic E-state index is -0.782. The summed E-state index contributed by atoms with van der Waals surface area (Å²) in [6, 6.07) is 3.97. The van der Waals surface area contributed by atoms with Gasteiger partial charge >= 0.3 is 5.97 Å². The van der Waals surface area contributed by atoms with Crippen molar-refractivity contribution < 1.29 is 18.7 Å². The molecule has 0 fully saturated rings. The number of hydrogen-bond donors (Lipinski definition) is 0. The molecule has 1 aromatic rings. The molecule has 0 spiro atoms. The van der Waals surface area contributed by atoms with E-state index in [2.05, 4.69) is 16.6 Å². The lowest BCUT2D eigenvalue weighted by Gasteiger charge is -1.96. The largest absolute Gasteiger partial charge is 0.459 e. The van der Waals surface area contributed by atoms with Gasteiger partial charge in [-0.2, -0.15) is 0 Å². The van der Waals surface area contributed by atoms with Crippen LogP contribution in [0.2, 0.25) is 0 Å². The van der Waals surface area contributed by atoms with Crippen LogP contribution in [0.5, 0.6) is 0 Å². The zero-order chi connectivity index (χ0) is 11.3. The van der Waals surface area contributed by atoms with Crippen LogP contribution in [0.4, 0.5) is 4.39 Å². The van der Waals surface area contributed by atoms with Crippen molar-refractivity contribution in [2.45, 2.75) is 0 Å². The van der Waals surface area contributed by atoms with E-state index in [0.29, 0.717) is 6.29 Å². The lowest BCUT2D eigenvalue weighted by molar-refractivity contribution is -0.133. The van der Waals surface area contributed by atoms with Gasteiger partial charge in [0.1, 0.15) is 5.82 Å². The Bertz CT molecular complexity index is 455. The molecule has 0 heterocycles. The number of hydrogen-bond acceptors (Lipinski definition) is 3. The normalized spacial score (nSPS) is 8.67. The number of carbonyl (C=O) groups is 2. The fraction of sp³-hybridized carbons (Fsp3) is 0.0909. The van der Waals surface area contributed by atoms with Crippen molar-refractivity contribution in [1.82, 2.24) is 0 Å². The van der Waals surface area contributed by atoms with Crippen molar-refractivity contribution in [2.24, 2.45) is 0 Å². The molecule has 0 aliphatic rings. The number of rotatable bonds is 1. The van der Waals surface area contributed by atoms with Crippen molar-refractivity contribution in [1.29, 1.82) is 0 Å². The van der Waals surface area contributed by atoms with Gasteiger partial charge in [-0.15, -0.1) is 0 Å². The summed E-state index contributed by atoms with van der Waals surface area (Å²) in [6.45, 7) is 0. The third-order valence-corrected chi connectivity index (χ3v) is 1.65. The van der Waals surface area contributed by atoms with E-state index in [-0.39, 0.29) is 11.1 Å². The Morgan fingerprint density at radius 2 is 2.27 bits per heavy atom. The first-order chi connectivity index (χ1) is 7.19. The third kappa shape index (κ3) is 2.64. The molecular formula is C11H7FO3. The highest BCUT2D eigenvalue weighted by Crippen LogP contribution is 2.09. The van der Waals surface area contributed by atoms with E-state index in [1.165, 1.54) is 19.2 Å². The molecule has 0 saturated carbocycles. The molecule has 0 saturated heterocycles. The smallest absolute Gasteiger partial charge is 0.384 e. The van der Waals surface area contributed by atoms with Gasteiger partial charge in [-0.05, 0) is 6.07 Å². The molecule has 0 atom stereocenters. The predicted octanol–water partition coefficient (Wildman–Crippen LogP) is 1.16. The zero-order valence-electron chi connectivity index (χ0n) is 7.91. The van der Waals surface area contributed by atoms with Crippen LogP contribution in [0.25, 0.3) is 0 Å². The molecule has 4 heteroatoms. The van der Waals surface area contributed by atoms with Crippen LogP contribution in [0.3, 0.4) is 0 Å². The first-order valence-electron chi connectivity index (χ1n) is 4.02. The van der Waals surface area contributed by atoms with Gasteiger partial charge in [0.25, 0.3) is 0 Å². The highest BCUT2D eigenvalue weighted by atomic mass is 19.1. The third-order valence-electron chi connectivity index (χ3n) is 1.65. The van der Waals surface area contributed by atoms with E-state index < -0.39 is 11.8 Å². The number of esters is 1. The molecule has 1 aromatic carbocycles. The molecule has 3 nitrogen and oxygen atoms in total. The molecule has 15 heavy (non-hydrogen) atoms. The average Bonchev–Trinajstić information content (AvgIpc) is 2.26. The van der Waals surface area contributed by atoms with Crippen LogP contribution in [-0.2, 0) is 9.53 Å². The van der Waals surface area contributed by atoms with Gasteiger partial charge in [-0.1, -0.05) is 18.1 Å². The Kier molecular flexibility index (Phi) is 3.58. The lowest BCUT2D eigenvalue weighted by atomic mass is 10.1. The maximum atomic E-state index is 13.2. The summed E-state index contributed by atoms with van der Waals surface area (Å²) in [5, 5.41) is 0. The SMILES string of the molecule is COC(=O)C#Cc1c(F)cccc1C=O. The summed E-state index contributed by atoms with van der Waals surface area (Å²) < 4.78 is 17.4. The summed E-state index contributed by atoms with van der Waals surface area (Å²) in [5.41, 5.74) is 0.00398. The number of benzene rings is 1. The van der Waals surface area contributed by atoms with Crippen LogP contribution >= 0.6 is 0 Å². The molecule has 0 unspecified atom stereocenters. The number of carbonyl (C=O) groups excluding carboxylic acids is 2. The molecule has 76 valence electrons. The predicted molar refractivity (Wildman–Crippen MR) is 50.7 cm³/mol. The molecular weight excluding hydrogens is 199 g/mol. The molecule has 0 amide bonds. The van der Waals surface area contributed by atoms with E-state index in [9.17, 15) is 14.0 Å². The molecule has 0 bridgehead atoms. The van der Waals surface area contributed by atoms with Crippen molar-refractivity contribution in [2.75, 3.05) is 7.11 Å². The Balaban J connectivity index is 3.16. The second-order valence-corrected chi connectivity index (χ2v) is 2.56. The molecule has 0 N–H and O–H groups in total. The van der Waals surface area contributed by atoms with Crippen LogP contribution in [-0.4, -0.2) is 19.4 Å². The zero-order valence-corrected chi connectivity index (χ0v) is 7.91. The highest BCUT2D eigenvalue weighted by molar-refractivity contribution is 5.90. The molecule has 0 aromatic heterocycles. The topological polar surface area (TPSA) is 43.4 Å². The fourth-order valence-electron chi connectivity index (χ4n) is 0.935. The quantitative estimate of drug-likeness (QED) is 0.393. The van der Waals surface area contributed by atoms with Crippen LogP contribution in [0, 0.1) is 17.7 Å². The van der Waals surface area contributed by atoms with Crippen LogP contribution in [0.1, 0.15) is 15.9 Å². The van der Waals surface area contributed by atoms with Gasteiger partial charge in [0.05, 0.1) is 12.7 Å². The van der Waals surface area contributed by atoms with Gasteiger partial charge in [0.15, 0.2) is 6.29 Å². The van der Waals surface area contributed by atoms with Crippen molar-refractivity contribution in [3.63, 3.8) is 0 Å². The van der Waals surface area contributed by atoms with Crippen molar-refractivity contribution >= 4 is 12.3 Å². The first kappa shape index (κ1) is 10.9. The highest BCUT2D eigenvalue weighted by Gasteiger charge is 2.04. The minimum absolute atomic E-state index is 0.0992. The van der Waals surface area contributed by atoms with E-state index in [1.807, 2.05) is 0 Å². The number of ether oxygens (including phenoxy) is 1.